The molecule has 3 heterocycles. The summed E-state index contributed by atoms with van der Waals surface area (Å²) in [4.78, 5) is 137. The molecule has 27 nitrogen and oxygen atoms in total. The molecule has 0 aliphatic carbocycles. The average molecular weight is 966 g/mol. The predicted molar refractivity (Wildman–Crippen MR) is 208 cm³/mol. The van der Waals surface area contributed by atoms with E-state index < -0.39 is 177 Å². The highest BCUT2D eigenvalue weighted by atomic mass is 16.8. The fourth-order valence-corrected chi connectivity index (χ4v) is 7.12. The van der Waals surface area contributed by atoms with Gasteiger partial charge < -0.3 is 76.4 Å². The summed E-state index contributed by atoms with van der Waals surface area (Å²) in [6.45, 7) is 8.82. The van der Waals surface area contributed by atoms with Crippen LogP contribution in [0.15, 0.2) is 0 Å². The molecule has 0 radical (unpaired) electrons. The zero-order chi connectivity index (χ0) is 50.4. The number of carbonyl (C=O) groups is 11. The minimum Gasteiger partial charge on any atom is -0.463 e. The van der Waals surface area contributed by atoms with Crippen molar-refractivity contribution in [2.75, 3.05) is 19.8 Å². The van der Waals surface area contributed by atoms with Gasteiger partial charge in [-0.25, -0.2) is 0 Å². The van der Waals surface area contributed by atoms with Gasteiger partial charge in [0.1, 0.15) is 56.4 Å². The molecule has 0 saturated carbocycles. The molecule has 0 unspecified atom stereocenters. The van der Waals surface area contributed by atoms with Gasteiger partial charge in [0.05, 0.1) is 0 Å². The number of esters is 10. The lowest BCUT2D eigenvalue weighted by Gasteiger charge is -2.50. The Morgan fingerprint density at radius 1 is 0.328 bits per heavy atom. The first-order chi connectivity index (χ1) is 31.3. The fraction of sp³-hybridized carbons (Fsp3) is 0.725. The molecule has 376 valence electrons. The molecule has 3 aliphatic rings. The maximum atomic E-state index is 13.0. The van der Waals surface area contributed by atoms with Crippen LogP contribution in [0.4, 0.5) is 0 Å². The lowest BCUT2D eigenvalue weighted by molar-refractivity contribution is -0.366. The molecule has 0 bridgehead atoms. The van der Waals surface area contributed by atoms with Crippen molar-refractivity contribution in [3.63, 3.8) is 0 Å². The summed E-state index contributed by atoms with van der Waals surface area (Å²) in [6.07, 6.45) is -24.9. The summed E-state index contributed by atoms with van der Waals surface area (Å²) in [5, 5.41) is 2.52. The first-order valence-electron chi connectivity index (χ1n) is 20.4. The number of carbonyl (C=O) groups excluding carboxylic acids is 11. The molecule has 0 spiro atoms. The standard InChI is InChI=1S/C40H55NO26/c1-15(42)41-29-33(58-21(7)48)30(66-40-36(60-23(9)50)34(59-22(8)49)31(56-19(5)46)27(65-40)13-54-17(3)44)26(12-53-16(2)43)63-38(29)67-35-32(57-20(6)47)28(14-55-18(4)45)64-39(62-25(11)52)37(35)61-24(10)51/h26-40H,12-14H2,1-11H3,(H,41,42)/t26-,27-,28-,29-,30-,31+,32+,33-,34+,35+,36-,37-,38+,39+,40+/m1/s1. The summed E-state index contributed by atoms with van der Waals surface area (Å²) in [6, 6.07) is -1.76. The minimum absolute atomic E-state index is 0.671. The maximum absolute atomic E-state index is 13.0. The third-order valence-corrected chi connectivity index (χ3v) is 9.23. The first kappa shape index (κ1) is 55.3. The van der Waals surface area contributed by atoms with Crippen LogP contribution >= 0.6 is 0 Å². The zero-order valence-corrected chi connectivity index (χ0v) is 38.4. The number of hydrogen-bond donors (Lipinski definition) is 1. The average Bonchev–Trinajstić information content (AvgIpc) is 3.17. The van der Waals surface area contributed by atoms with E-state index in [1.54, 1.807) is 0 Å². The predicted octanol–water partition coefficient (Wildman–Crippen LogP) is -1.72. The molecule has 3 aliphatic heterocycles. The molecule has 3 fully saturated rings. The SMILES string of the molecule is CC(=O)N[C@H]1[C@H](O[C@H]2[C@@H](OC(C)=O)[C@@H](COC(C)=O)O[C@H](OC(C)=O)[C@@H]2OC(C)=O)O[C@H](COC(C)=O)[C@@H](O[C@@H]2O[C@H](COC(C)=O)[C@H](OC(C)=O)[C@H](OC(C)=O)[C@H]2OC(C)=O)[C@@H]1OC(C)=O. The van der Waals surface area contributed by atoms with E-state index in [9.17, 15) is 52.7 Å². The number of ether oxygens (including phenoxy) is 15. The van der Waals surface area contributed by atoms with Gasteiger partial charge in [0.25, 0.3) is 0 Å². The van der Waals surface area contributed by atoms with E-state index in [4.69, 9.17) is 71.1 Å². The van der Waals surface area contributed by atoms with Crippen LogP contribution in [0.1, 0.15) is 76.2 Å². The molecule has 15 atom stereocenters. The minimum atomic E-state index is -1.98. The fourth-order valence-electron chi connectivity index (χ4n) is 7.12. The van der Waals surface area contributed by atoms with Gasteiger partial charge in [-0.05, 0) is 0 Å². The van der Waals surface area contributed by atoms with Gasteiger partial charge in [0.15, 0.2) is 49.2 Å². The molecule has 0 aromatic carbocycles. The molecule has 0 aromatic heterocycles. The quantitative estimate of drug-likeness (QED) is 0.118. The summed E-state index contributed by atoms with van der Waals surface area (Å²) in [7, 11) is 0. The van der Waals surface area contributed by atoms with Crippen LogP contribution in [-0.2, 0) is 124 Å². The Morgan fingerprint density at radius 3 is 1.04 bits per heavy atom. The highest BCUT2D eigenvalue weighted by Crippen LogP contribution is 2.37. The molecule has 27 heteroatoms. The first-order valence-corrected chi connectivity index (χ1v) is 20.4. The van der Waals surface area contributed by atoms with E-state index in [1.807, 2.05) is 0 Å². The molecule has 1 amide bonds. The van der Waals surface area contributed by atoms with Crippen molar-refractivity contribution >= 4 is 65.6 Å². The number of hydrogen-bond acceptors (Lipinski definition) is 26. The van der Waals surface area contributed by atoms with E-state index in [2.05, 4.69) is 5.32 Å². The lowest BCUT2D eigenvalue weighted by Crippen LogP contribution is -2.71. The van der Waals surface area contributed by atoms with Gasteiger partial charge in [-0.15, -0.1) is 0 Å². The van der Waals surface area contributed by atoms with Gasteiger partial charge in [0, 0.05) is 76.2 Å². The van der Waals surface area contributed by atoms with Crippen molar-refractivity contribution in [2.24, 2.45) is 0 Å². The van der Waals surface area contributed by atoms with Crippen LogP contribution in [0.25, 0.3) is 0 Å². The Labute approximate surface area is 382 Å². The highest BCUT2D eigenvalue weighted by molar-refractivity contribution is 5.74. The van der Waals surface area contributed by atoms with Crippen molar-refractivity contribution in [2.45, 2.75) is 168 Å². The second-order valence-corrected chi connectivity index (χ2v) is 15.0. The third kappa shape index (κ3) is 17.0. The molecule has 0 aromatic rings. The molecular formula is C40H55NO26. The number of nitrogens with one attached hydrogen (secondary N) is 1. The van der Waals surface area contributed by atoms with E-state index in [-0.39, 0.29) is 0 Å². The maximum Gasteiger partial charge on any atom is 0.305 e. The lowest BCUT2D eigenvalue weighted by atomic mass is 9.94. The Kier molecular flexibility index (Phi) is 20.8. The van der Waals surface area contributed by atoms with Crippen molar-refractivity contribution in [1.82, 2.24) is 5.32 Å². The smallest absolute Gasteiger partial charge is 0.305 e. The monoisotopic (exact) mass is 965 g/mol. The topological polar surface area (TPSA) is 338 Å². The van der Waals surface area contributed by atoms with E-state index in [1.165, 1.54) is 0 Å². The molecular weight excluding hydrogens is 910 g/mol. The van der Waals surface area contributed by atoms with Crippen LogP contribution in [-0.4, -0.2) is 177 Å². The zero-order valence-electron chi connectivity index (χ0n) is 38.4. The van der Waals surface area contributed by atoms with Gasteiger partial charge >= 0.3 is 59.7 Å². The molecule has 67 heavy (non-hydrogen) atoms. The van der Waals surface area contributed by atoms with Crippen molar-refractivity contribution in [3.8, 4) is 0 Å². The van der Waals surface area contributed by atoms with Crippen LogP contribution in [0, 0.1) is 0 Å². The van der Waals surface area contributed by atoms with Gasteiger partial charge in [0.2, 0.25) is 12.2 Å². The van der Waals surface area contributed by atoms with Crippen molar-refractivity contribution in [1.29, 1.82) is 0 Å². The highest BCUT2D eigenvalue weighted by Gasteiger charge is 2.59. The Bertz CT molecular complexity index is 1850. The van der Waals surface area contributed by atoms with Gasteiger partial charge in [-0.2, -0.15) is 0 Å². The Balaban J connectivity index is 2.32. The normalized spacial score (nSPS) is 31.2. The third-order valence-electron chi connectivity index (χ3n) is 9.23. The summed E-state index contributed by atoms with van der Waals surface area (Å²) in [5.41, 5.74) is 0. The van der Waals surface area contributed by atoms with E-state index in [0.717, 1.165) is 76.2 Å². The second-order valence-electron chi connectivity index (χ2n) is 15.0. The number of amides is 1. The molecule has 1 N–H and O–H groups in total. The van der Waals surface area contributed by atoms with E-state index in [0.29, 0.717) is 0 Å². The van der Waals surface area contributed by atoms with Crippen molar-refractivity contribution < 1.29 is 124 Å². The Hall–Kier alpha value is -6.03. The Morgan fingerprint density at radius 2 is 0.642 bits per heavy atom. The van der Waals surface area contributed by atoms with Crippen molar-refractivity contribution in [3.05, 3.63) is 0 Å². The molecule has 3 saturated heterocycles. The van der Waals surface area contributed by atoms with Gasteiger partial charge in [-0.1, -0.05) is 0 Å². The van der Waals surface area contributed by atoms with Crippen LogP contribution < -0.4 is 5.32 Å². The van der Waals surface area contributed by atoms with Gasteiger partial charge in [-0.3, -0.25) is 52.7 Å². The molecule has 3 rings (SSSR count). The van der Waals surface area contributed by atoms with Crippen LogP contribution in [0.3, 0.4) is 0 Å². The summed E-state index contributed by atoms with van der Waals surface area (Å²) < 4.78 is 85.2. The summed E-state index contributed by atoms with van der Waals surface area (Å²) >= 11 is 0. The van der Waals surface area contributed by atoms with Crippen LogP contribution in [0.5, 0.6) is 0 Å². The van der Waals surface area contributed by atoms with E-state index >= 15 is 0 Å². The van der Waals surface area contributed by atoms with Crippen LogP contribution in [0.2, 0.25) is 0 Å². The second kappa shape index (κ2) is 25.2. The largest absolute Gasteiger partial charge is 0.463 e. The number of rotatable bonds is 18. The summed E-state index contributed by atoms with van der Waals surface area (Å²) in [5.74, 6) is -10.3.